The molecule has 0 bridgehead atoms. The van der Waals surface area contributed by atoms with Gasteiger partial charge in [-0.3, -0.25) is 0 Å². The normalized spacial score (nSPS) is 10.8. The maximum absolute atomic E-state index is 2.18. The van der Waals surface area contributed by atoms with Gasteiger partial charge >= 0.3 is 0 Å². The summed E-state index contributed by atoms with van der Waals surface area (Å²) in [5, 5.41) is 0. The molecular formula is C15H28N+. The van der Waals surface area contributed by atoms with Crippen molar-refractivity contribution < 1.29 is 4.48 Å². The lowest BCUT2D eigenvalue weighted by molar-refractivity contribution is -0.868. The maximum atomic E-state index is 2.18. The van der Waals surface area contributed by atoms with Gasteiger partial charge < -0.3 is 4.48 Å². The second-order valence-corrected chi connectivity index (χ2v) is 5.56. The monoisotopic (exact) mass is 222 g/mol. The number of aryl methyl sites for hydroxylation is 2. The zero-order valence-electron chi connectivity index (χ0n) is 12.3. The van der Waals surface area contributed by atoms with E-state index in [0.29, 0.717) is 0 Å². The molecule has 0 spiro atoms. The van der Waals surface area contributed by atoms with Gasteiger partial charge in [0.1, 0.15) is 0 Å². The fourth-order valence-corrected chi connectivity index (χ4v) is 1.09. The van der Waals surface area contributed by atoms with Gasteiger partial charge in [0.15, 0.2) is 0 Å². The molecule has 92 valence electrons. The first kappa shape index (κ1) is 15.2. The molecule has 0 amide bonds. The number of quaternary nitrogens is 1. The van der Waals surface area contributed by atoms with Crippen LogP contribution in [0, 0.1) is 27.7 Å². The lowest BCUT2D eigenvalue weighted by Gasteiger charge is -2.20. The van der Waals surface area contributed by atoms with Gasteiger partial charge in [0.25, 0.3) is 0 Å². The molecule has 0 unspecified atom stereocenters. The topological polar surface area (TPSA) is 0 Å². The van der Waals surface area contributed by atoms with Crippen LogP contribution in [-0.2, 0) is 0 Å². The summed E-state index contributed by atoms with van der Waals surface area (Å²) < 4.78 is 1.07. The van der Waals surface area contributed by atoms with E-state index < -0.39 is 0 Å². The van der Waals surface area contributed by atoms with Gasteiger partial charge in [0, 0.05) is 0 Å². The Morgan fingerprint density at radius 1 is 0.812 bits per heavy atom. The third kappa shape index (κ3) is 5.32. The number of hydrogen-bond donors (Lipinski definition) is 0. The van der Waals surface area contributed by atoms with Crippen LogP contribution >= 0.6 is 0 Å². The fraction of sp³-hybridized carbons (Fsp3) is 0.600. The fourth-order valence-electron chi connectivity index (χ4n) is 1.09. The largest absolute Gasteiger partial charge is 0.331 e. The van der Waals surface area contributed by atoms with E-state index in [2.05, 4.69) is 67.9 Å². The van der Waals surface area contributed by atoms with Gasteiger partial charge in [-0.05, 0) is 56.9 Å². The molecule has 0 aliphatic heterocycles. The summed E-state index contributed by atoms with van der Waals surface area (Å²) >= 11 is 0. The molecule has 0 aliphatic rings. The predicted molar refractivity (Wildman–Crippen MR) is 74.0 cm³/mol. The van der Waals surface area contributed by atoms with E-state index >= 15 is 0 Å². The van der Waals surface area contributed by atoms with Crippen LogP contribution in [0.4, 0.5) is 0 Å². The van der Waals surface area contributed by atoms with E-state index in [1.165, 1.54) is 28.8 Å². The highest BCUT2D eigenvalue weighted by Gasteiger charge is 1.98. The molecule has 1 nitrogen and oxygen atoms in total. The molecule has 1 aromatic carbocycles. The first-order valence-electron chi connectivity index (χ1n) is 6.03. The first-order valence-corrected chi connectivity index (χ1v) is 6.03. The molecule has 1 aromatic rings. The minimum atomic E-state index is 1.07. The standard InChI is InChI=1S/C10H14.C5H14N/c1-7-5-6-8(2)10(4)9(7)3;1-5-6(2,3)4/h5-6H,1-4H3;5H2,1-4H3/q;+1. The number of rotatable bonds is 1. The van der Waals surface area contributed by atoms with Gasteiger partial charge in [-0.1, -0.05) is 12.1 Å². The minimum Gasteiger partial charge on any atom is -0.331 e. The van der Waals surface area contributed by atoms with E-state index in [1.54, 1.807) is 0 Å². The van der Waals surface area contributed by atoms with Gasteiger partial charge in [0.2, 0.25) is 0 Å². The van der Waals surface area contributed by atoms with Crippen molar-refractivity contribution in [3.8, 4) is 0 Å². The van der Waals surface area contributed by atoms with Crippen LogP contribution in [0.25, 0.3) is 0 Å². The highest BCUT2D eigenvalue weighted by Crippen LogP contribution is 2.15. The van der Waals surface area contributed by atoms with Crippen LogP contribution in [-0.4, -0.2) is 32.2 Å². The summed E-state index contributed by atoms with van der Waals surface area (Å²) in [7, 11) is 6.54. The van der Waals surface area contributed by atoms with Crippen molar-refractivity contribution in [3.63, 3.8) is 0 Å². The Morgan fingerprint density at radius 2 is 1.06 bits per heavy atom. The molecular weight excluding hydrogens is 194 g/mol. The summed E-state index contributed by atoms with van der Waals surface area (Å²) in [6.07, 6.45) is 0. The van der Waals surface area contributed by atoms with Crippen molar-refractivity contribution >= 4 is 0 Å². The van der Waals surface area contributed by atoms with Crippen molar-refractivity contribution in [3.05, 3.63) is 34.4 Å². The van der Waals surface area contributed by atoms with Crippen LogP contribution in [0.3, 0.4) is 0 Å². The number of benzene rings is 1. The Bertz CT molecular complexity index is 305. The molecule has 0 N–H and O–H groups in total. The molecule has 16 heavy (non-hydrogen) atoms. The molecule has 0 aliphatic carbocycles. The Labute approximate surface area is 102 Å². The third-order valence-electron chi connectivity index (χ3n) is 3.28. The van der Waals surface area contributed by atoms with Crippen LogP contribution in [0.15, 0.2) is 12.1 Å². The maximum Gasteiger partial charge on any atom is 0.0751 e. The van der Waals surface area contributed by atoms with Crippen LogP contribution in [0.2, 0.25) is 0 Å². The highest BCUT2D eigenvalue weighted by molar-refractivity contribution is 5.37. The molecule has 1 rings (SSSR count). The second kappa shape index (κ2) is 6.05. The zero-order valence-corrected chi connectivity index (χ0v) is 12.3. The van der Waals surface area contributed by atoms with Gasteiger partial charge in [-0.2, -0.15) is 0 Å². The molecule has 0 radical (unpaired) electrons. The zero-order chi connectivity index (χ0) is 12.9. The smallest absolute Gasteiger partial charge is 0.0751 e. The van der Waals surface area contributed by atoms with Crippen LogP contribution < -0.4 is 0 Å². The van der Waals surface area contributed by atoms with Gasteiger partial charge in [0.05, 0.1) is 27.7 Å². The van der Waals surface area contributed by atoms with Gasteiger partial charge in [-0.25, -0.2) is 0 Å². The molecule has 0 saturated carbocycles. The molecule has 0 fully saturated rings. The highest BCUT2D eigenvalue weighted by atomic mass is 15.3. The summed E-state index contributed by atoms with van der Waals surface area (Å²) in [4.78, 5) is 0. The second-order valence-electron chi connectivity index (χ2n) is 5.56. The molecule has 0 heterocycles. The Kier molecular flexibility index (Phi) is 5.74. The van der Waals surface area contributed by atoms with E-state index in [1.807, 2.05) is 0 Å². The molecule has 0 aromatic heterocycles. The Balaban J connectivity index is 0.000000325. The SMILES string of the molecule is CC[N+](C)(C)C.Cc1ccc(C)c(C)c1C. The average Bonchev–Trinajstić information content (AvgIpc) is 2.21. The van der Waals surface area contributed by atoms with Crippen molar-refractivity contribution in [1.82, 2.24) is 0 Å². The third-order valence-corrected chi connectivity index (χ3v) is 3.28. The molecule has 0 saturated heterocycles. The average molecular weight is 222 g/mol. The van der Waals surface area contributed by atoms with Crippen molar-refractivity contribution in [2.45, 2.75) is 34.6 Å². The Hall–Kier alpha value is -0.820. The lowest BCUT2D eigenvalue weighted by atomic mass is 10.0. The van der Waals surface area contributed by atoms with Gasteiger partial charge in [-0.15, -0.1) is 0 Å². The summed E-state index contributed by atoms with van der Waals surface area (Å²) in [6, 6.07) is 4.36. The van der Waals surface area contributed by atoms with Crippen LogP contribution in [0.5, 0.6) is 0 Å². The van der Waals surface area contributed by atoms with Crippen LogP contribution in [0.1, 0.15) is 29.2 Å². The summed E-state index contributed by atoms with van der Waals surface area (Å²) in [5.74, 6) is 0. The quantitative estimate of drug-likeness (QED) is 0.637. The van der Waals surface area contributed by atoms with E-state index in [0.717, 1.165) is 4.48 Å². The lowest BCUT2D eigenvalue weighted by Crippen LogP contribution is -2.33. The summed E-state index contributed by atoms with van der Waals surface area (Å²) in [6.45, 7) is 12.1. The predicted octanol–water partition coefficient (Wildman–Crippen LogP) is 3.63. The van der Waals surface area contributed by atoms with E-state index in [4.69, 9.17) is 0 Å². The molecule has 1 heteroatoms. The number of hydrogen-bond acceptors (Lipinski definition) is 0. The van der Waals surface area contributed by atoms with Crippen molar-refractivity contribution in [1.29, 1.82) is 0 Å². The Morgan fingerprint density at radius 3 is 1.25 bits per heavy atom. The first-order chi connectivity index (χ1) is 7.19. The minimum absolute atomic E-state index is 1.07. The summed E-state index contributed by atoms with van der Waals surface area (Å²) in [5.41, 5.74) is 5.64. The van der Waals surface area contributed by atoms with E-state index in [9.17, 15) is 0 Å². The number of nitrogens with zero attached hydrogens (tertiary/aromatic N) is 1. The molecule has 0 atom stereocenters. The van der Waals surface area contributed by atoms with Crippen molar-refractivity contribution in [2.75, 3.05) is 27.7 Å². The van der Waals surface area contributed by atoms with Crippen molar-refractivity contribution in [2.24, 2.45) is 0 Å². The van der Waals surface area contributed by atoms with E-state index in [-0.39, 0.29) is 0 Å².